The minimum absolute atomic E-state index is 0.240. The molecule has 0 aromatic heterocycles. The van der Waals surface area contributed by atoms with Gasteiger partial charge in [0.15, 0.2) is 0 Å². The van der Waals surface area contributed by atoms with Crippen molar-refractivity contribution in [3.05, 3.63) is 29.3 Å². The zero-order valence-electron chi connectivity index (χ0n) is 9.25. The van der Waals surface area contributed by atoms with Crippen molar-refractivity contribution in [2.45, 2.75) is 31.6 Å². The van der Waals surface area contributed by atoms with Gasteiger partial charge in [-0.25, -0.2) is 0 Å². The Bertz CT molecular complexity index is 378. The van der Waals surface area contributed by atoms with Crippen LogP contribution in [0.1, 0.15) is 30.9 Å². The molecule has 0 spiro atoms. The van der Waals surface area contributed by atoms with Gasteiger partial charge in [-0.05, 0) is 30.9 Å². The van der Waals surface area contributed by atoms with Gasteiger partial charge in [-0.3, -0.25) is 0 Å². The molecule has 1 fully saturated rings. The first-order chi connectivity index (χ1) is 7.25. The number of hydrogen-bond donors (Lipinski definition) is 0. The number of rotatable bonds is 4. The molecule has 0 radical (unpaired) electrons. The van der Waals surface area contributed by atoms with Crippen LogP contribution in [0.15, 0.2) is 18.2 Å². The van der Waals surface area contributed by atoms with E-state index in [-0.39, 0.29) is 5.41 Å². The van der Waals surface area contributed by atoms with Crippen LogP contribution in [0.3, 0.4) is 0 Å². The van der Waals surface area contributed by atoms with Crippen LogP contribution in [0.4, 0.5) is 0 Å². The molecule has 80 valence electrons. The van der Waals surface area contributed by atoms with Crippen LogP contribution in [-0.4, -0.2) is 13.4 Å². The van der Waals surface area contributed by atoms with Crippen molar-refractivity contribution >= 4 is 6.29 Å². The molecule has 2 rings (SSSR count). The third-order valence-corrected chi connectivity index (χ3v) is 3.22. The number of aldehydes is 1. The SMILES string of the molecule is CCc1ccc(OC)c(C2(C=O)CC2)c1. The van der Waals surface area contributed by atoms with E-state index in [4.69, 9.17) is 4.74 Å². The molecule has 1 saturated carbocycles. The Morgan fingerprint density at radius 2 is 2.20 bits per heavy atom. The zero-order valence-corrected chi connectivity index (χ0v) is 9.25. The predicted molar refractivity (Wildman–Crippen MR) is 59.3 cm³/mol. The van der Waals surface area contributed by atoms with Gasteiger partial charge in [0, 0.05) is 5.56 Å². The van der Waals surface area contributed by atoms with Gasteiger partial charge in [0.1, 0.15) is 12.0 Å². The van der Waals surface area contributed by atoms with Gasteiger partial charge >= 0.3 is 0 Å². The Balaban J connectivity index is 2.47. The standard InChI is InChI=1S/C13H16O2/c1-3-10-4-5-12(15-2)11(8-10)13(9-14)6-7-13/h4-5,8-9H,3,6-7H2,1-2H3. The molecule has 2 nitrogen and oxygen atoms in total. The molecule has 0 saturated heterocycles. The van der Waals surface area contributed by atoms with Crippen LogP contribution < -0.4 is 4.74 Å². The molecule has 0 atom stereocenters. The maximum absolute atomic E-state index is 11.1. The van der Waals surface area contributed by atoms with Crippen LogP contribution >= 0.6 is 0 Å². The number of methoxy groups -OCH3 is 1. The Hall–Kier alpha value is -1.31. The zero-order chi connectivity index (χ0) is 10.9. The molecule has 0 N–H and O–H groups in total. The van der Waals surface area contributed by atoms with Crippen molar-refractivity contribution in [2.24, 2.45) is 0 Å². The third-order valence-electron chi connectivity index (χ3n) is 3.22. The quantitative estimate of drug-likeness (QED) is 0.704. The van der Waals surface area contributed by atoms with Gasteiger partial charge in [0.2, 0.25) is 0 Å². The van der Waals surface area contributed by atoms with E-state index in [0.29, 0.717) is 0 Å². The molecule has 0 heterocycles. The van der Waals surface area contributed by atoms with Crippen molar-refractivity contribution in [2.75, 3.05) is 7.11 Å². The molecule has 0 unspecified atom stereocenters. The summed E-state index contributed by atoms with van der Waals surface area (Å²) < 4.78 is 5.31. The highest BCUT2D eigenvalue weighted by Crippen LogP contribution is 2.49. The molecular formula is C13H16O2. The van der Waals surface area contributed by atoms with Crippen molar-refractivity contribution in [1.29, 1.82) is 0 Å². The molecule has 1 aromatic rings. The average Bonchev–Trinajstić information content (AvgIpc) is 3.09. The molecular weight excluding hydrogens is 188 g/mol. The fraction of sp³-hybridized carbons (Fsp3) is 0.462. The number of carbonyl (C=O) groups is 1. The first-order valence-corrected chi connectivity index (χ1v) is 5.39. The molecule has 1 aliphatic carbocycles. The lowest BCUT2D eigenvalue weighted by molar-refractivity contribution is -0.109. The molecule has 15 heavy (non-hydrogen) atoms. The average molecular weight is 204 g/mol. The highest BCUT2D eigenvalue weighted by atomic mass is 16.5. The van der Waals surface area contributed by atoms with Gasteiger partial charge in [-0.2, -0.15) is 0 Å². The molecule has 0 bridgehead atoms. The predicted octanol–water partition coefficient (Wildman–Crippen LogP) is 2.49. The van der Waals surface area contributed by atoms with Gasteiger partial charge in [-0.1, -0.05) is 19.1 Å². The summed E-state index contributed by atoms with van der Waals surface area (Å²) in [6.45, 7) is 2.12. The summed E-state index contributed by atoms with van der Waals surface area (Å²) in [5, 5.41) is 0. The highest BCUT2D eigenvalue weighted by molar-refractivity contribution is 5.75. The Morgan fingerprint density at radius 1 is 1.47 bits per heavy atom. The largest absolute Gasteiger partial charge is 0.496 e. The monoisotopic (exact) mass is 204 g/mol. The van der Waals surface area contributed by atoms with Crippen molar-refractivity contribution in [1.82, 2.24) is 0 Å². The summed E-state index contributed by atoms with van der Waals surface area (Å²) in [6, 6.07) is 6.14. The van der Waals surface area contributed by atoms with Gasteiger partial charge in [-0.15, -0.1) is 0 Å². The van der Waals surface area contributed by atoms with E-state index in [1.165, 1.54) is 5.56 Å². The van der Waals surface area contributed by atoms with E-state index in [9.17, 15) is 4.79 Å². The van der Waals surface area contributed by atoms with E-state index >= 15 is 0 Å². The van der Waals surface area contributed by atoms with Crippen LogP contribution in [0, 0.1) is 0 Å². The number of carbonyl (C=O) groups excluding carboxylic acids is 1. The first-order valence-electron chi connectivity index (χ1n) is 5.39. The Morgan fingerprint density at radius 3 is 2.67 bits per heavy atom. The summed E-state index contributed by atoms with van der Waals surface area (Å²) in [5.74, 6) is 0.844. The second-order valence-corrected chi connectivity index (χ2v) is 4.16. The lowest BCUT2D eigenvalue weighted by Gasteiger charge is -2.14. The smallest absolute Gasteiger partial charge is 0.130 e. The Labute approximate surface area is 90.3 Å². The fourth-order valence-corrected chi connectivity index (χ4v) is 1.95. The highest BCUT2D eigenvalue weighted by Gasteiger charge is 2.46. The molecule has 0 amide bonds. The van der Waals surface area contributed by atoms with E-state index in [2.05, 4.69) is 19.1 Å². The number of hydrogen-bond acceptors (Lipinski definition) is 2. The summed E-state index contributed by atoms with van der Waals surface area (Å²) in [6.07, 6.45) is 3.98. The van der Waals surface area contributed by atoms with E-state index in [1.807, 2.05) is 6.07 Å². The van der Waals surface area contributed by atoms with Crippen molar-refractivity contribution in [3.8, 4) is 5.75 Å². The topological polar surface area (TPSA) is 26.3 Å². The number of aryl methyl sites for hydroxylation is 1. The van der Waals surface area contributed by atoms with E-state index < -0.39 is 0 Å². The number of benzene rings is 1. The normalized spacial score (nSPS) is 17.2. The van der Waals surface area contributed by atoms with Crippen LogP contribution in [0.25, 0.3) is 0 Å². The van der Waals surface area contributed by atoms with Crippen LogP contribution in [-0.2, 0) is 16.6 Å². The molecule has 0 aliphatic heterocycles. The number of ether oxygens (including phenoxy) is 1. The minimum atomic E-state index is -0.240. The Kier molecular flexibility index (Phi) is 2.51. The molecule has 1 aromatic carbocycles. The van der Waals surface area contributed by atoms with Crippen molar-refractivity contribution < 1.29 is 9.53 Å². The second kappa shape index (κ2) is 3.69. The lowest BCUT2D eigenvalue weighted by Crippen LogP contribution is -2.10. The van der Waals surface area contributed by atoms with Crippen molar-refractivity contribution in [3.63, 3.8) is 0 Å². The fourth-order valence-electron chi connectivity index (χ4n) is 1.95. The maximum atomic E-state index is 11.1. The lowest BCUT2D eigenvalue weighted by atomic mass is 9.94. The second-order valence-electron chi connectivity index (χ2n) is 4.16. The van der Waals surface area contributed by atoms with Gasteiger partial charge in [0.25, 0.3) is 0 Å². The summed E-state index contributed by atoms with van der Waals surface area (Å²) in [5.41, 5.74) is 2.09. The van der Waals surface area contributed by atoms with Crippen LogP contribution in [0.5, 0.6) is 5.75 Å². The summed E-state index contributed by atoms with van der Waals surface area (Å²) in [7, 11) is 1.66. The van der Waals surface area contributed by atoms with Gasteiger partial charge in [0.05, 0.1) is 12.5 Å². The molecule has 1 aliphatic rings. The third kappa shape index (κ3) is 1.65. The van der Waals surface area contributed by atoms with Gasteiger partial charge < -0.3 is 9.53 Å². The maximum Gasteiger partial charge on any atom is 0.130 e. The first kappa shape index (κ1) is 10.2. The van der Waals surface area contributed by atoms with Crippen LogP contribution in [0.2, 0.25) is 0 Å². The summed E-state index contributed by atoms with van der Waals surface area (Å²) >= 11 is 0. The molecule has 2 heteroatoms. The minimum Gasteiger partial charge on any atom is -0.496 e. The van der Waals surface area contributed by atoms with E-state index in [1.54, 1.807) is 7.11 Å². The van der Waals surface area contributed by atoms with E-state index in [0.717, 1.165) is 36.9 Å². The summed E-state index contributed by atoms with van der Waals surface area (Å²) in [4.78, 5) is 11.1.